The number of aromatic nitrogens is 1. The Kier molecular flexibility index (Phi) is 7.68. The summed E-state index contributed by atoms with van der Waals surface area (Å²) in [5.74, 6) is 0. The number of morpholine rings is 1. The topological polar surface area (TPSA) is 45.4 Å². The maximum Gasteiger partial charge on any atom is 0.211 e. The molecule has 2 aromatic carbocycles. The Labute approximate surface area is 217 Å². The van der Waals surface area contributed by atoms with Gasteiger partial charge in [0.05, 0.1) is 29.6 Å². The van der Waals surface area contributed by atoms with Gasteiger partial charge in [-0.1, -0.05) is 35.6 Å². The molecule has 0 atom stereocenters. The van der Waals surface area contributed by atoms with E-state index in [0.717, 1.165) is 57.0 Å². The van der Waals surface area contributed by atoms with E-state index in [9.17, 15) is 0 Å². The summed E-state index contributed by atoms with van der Waals surface area (Å²) in [5.41, 5.74) is 7.65. The highest BCUT2D eigenvalue weighted by Gasteiger charge is 2.25. The lowest BCUT2D eigenvalue weighted by Gasteiger charge is -2.31. The van der Waals surface area contributed by atoms with Crippen LogP contribution in [0.25, 0.3) is 16.3 Å². The monoisotopic (exact) mass is 501 g/mol. The molecule has 3 aromatic rings. The lowest BCUT2D eigenvalue weighted by molar-refractivity contribution is 0.0548. The van der Waals surface area contributed by atoms with Gasteiger partial charge in [-0.25, -0.2) is 0 Å². The molecular weight excluding hydrogens is 466 g/mol. The quantitative estimate of drug-likeness (QED) is 0.320. The normalized spacial score (nSPS) is 18.4. The number of nitrogens with zero attached hydrogens (tertiary/aromatic N) is 5. The van der Waals surface area contributed by atoms with Crippen LogP contribution in [0.15, 0.2) is 75.6 Å². The summed E-state index contributed by atoms with van der Waals surface area (Å²) in [4.78, 5) is 5.75. The molecule has 1 saturated heterocycles. The van der Waals surface area contributed by atoms with Crippen LogP contribution in [0.2, 0.25) is 0 Å². The van der Waals surface area contributed by atoms with Gasteiger partial charge in [0.1, 0.15) is 0 Å². The van der Waals surface area contributed by atoms with Gasteiger partial charge in [-0.2, -0.15) is 5.10 Å². The zero-order valence-corrected chi connectivity index (χ0v) is 22.3. The first-order valence-corrected chi connectivity index (χ1v) is 13.7. The van der Waals surface area contributed by atoms with Crippen molar-refractivity contribution in [2.24, 2.45) is 17.3 Å². The van der Waals surface area contributed by atoms with Gasteiger partial charge in [-0.3, -0.25) is 0 Å². The van der Waals surface area contributed by atoms with E-state index >= 15 is 0 Å². The molecule has 36 heavy (non-hydrogen) atoms. The van der Waals surface area contributed by atoms with Crippen LogP contribution in [-0.4, -0.2) is 55.1 Å². The summed E-state index contributed by atoms with van der Waals surface area (Å²) in [6.07, 6.45) is 6.32. The van der Waals surface area contributed by atoms with Crippen LogP contribution < -0.4 is 9.70 Å². The van der Waals surface area contributed by atoms with Crippen molar-refractivity contribution in [2.45, 2.75) is 26.7 Å². The zero-order chi connectivity index (χ0) is 24.9. The average molecular weight is 502 g/mol. The summed E-state index contributed by atoms with van der Waals surface area (Å²) < 4.78 is 8.97. The molecule has 2 heterocycles. The van der Waals surface area contributed by atoms with Crippen molar-refractivity contribution in [3.8, 4) is 0 Å². The largest absolute Gasteiger partial charge is 0.378 e. The molecule has 0 spiro atoms. The van der Waals surface area contributed by atoms with Crippen LogP contribution in [0.5, 0.6) is 0 Å². The van der Waals surface area contributed by atoms with Crippen LogP contribution in [0.3, 0.4) is 0 Å². The second-order valence-electron chi connectivity index (χ2n) is 9.16. The molecule has 1 aliphatic heterocycles. The molecular formula is C29H35N5OS. The van der Waals surface area contributed by atoms with Crippen molar-refractivity contribution >= 4 is 39.5 Å². The molecule has 0 radical (unpaired) electrons. The zero-order valence-electron chi connectivity index (χ0n) is 21.5. The van der Waals surface area contributed by atoms with Gasteiger partial charge >= 0.3 is 0 Å². The van der Waals surface area contributed by atoms with E-state index in [4.69, 9.17) is 4.74 Å². The minimum Gasteiger partial charge on any atom is -0.378 e. The number of aryl methyl sites for hydroxylation is 1. The number of anilines is 1. The third-order valence-electron chi connectivity index (χ3n) is 7.03. The third kappa shape index (κ3) is 5.18. The van der Waals surface area contributed by atoms with Gasteiger partial charge in [-0.05, 0) is 73.7 Å². The van der Waals surface area contributed by atoms with E-state index in [2.05, 4.69) is 93.0 Å². The van der Waals surface area contributed by atoms with E-state index in [0.29, 0.717) is 0 Å². The lowest BCUT2D eigenvalue weighted by atomic mass is 10.1. The van der Waals surface area contributed by atoms with Crippen molar-refractivity contribution in [3.05, 3.63) is 75.7 Å². The van der Waals surface area contributed by atoms with Crippen molar-refractivity contribution < 1.29 is 4.74 Å². The summed E-state index contributed by atoms with van der Waals surface area (Å²) in [5, 5.41) is 9.14. The number of para-hydroxylation sites is 1. The maximum absolute atomic E-state index is 5.64. The fourth-order valence-corrected chi connectivity index (χ4v) is 6.04. The van der Waals surface area contributed by atoms with Gasteiger partial charge in [0.25, 0.3) is 0 Å². The van der Waals surface area contributed by atoms with Crippen LogP contribution in [0.1, 0.15) is 32.3 Å². The van der Waals surface area contributed by atoms with Crippen molar-refractivity contribution in [1.29, 1.82) is 0 Å². The third-order valence-corrected chi connectivity index (χ3v) is 8.14. The van der Waals surface area contributed by atoms with Crippen LogP contribution in [-0.2, 0) is 11.8 Å². The van der Waals surface area contributed by atoms with Crippen LogP contribution in [0, 0.1) is 0 Å². The molecule has 0 N–H and O–H groups in total. The maximum atomic E-state index is 5.64. The summed E-state index contributed by atoms with van der Waals surface area (Å²) in [7, 11) is 2.05. The molecule has 7 heteroatoms. The Balaban J connectivity index is 1.45. The molecule has 0 amide bonds. The molecule has 5 rings (SSSR count). The second-order valence-corrected chi connectivity index (χ2v) is 10.2. The molecule has 1 aromatic heterocycles. The highest BCUT2D eigenvalue weighted by molar-refractivity contribution is 7.16. The number of hydrogen-bond donors (Lipinski definition) is 0. The SMILES string of the molecule is CCN(CC)c1ccc(/C=C2\CCC(/C=N/N=c3/sc4ccccc4n3C)=C2N2CCOCC2)cc1. The Morgan fingerprint density at radius 3 is 2.47 bits per heavy atom. The number of benzene rings is 2. The minimum atomic E-state index is 0.766. The molecule has 1 aliphatic carbocycles. The number of ether oxygens (including phenoxy) is 1. The molecule has 6 nitrogen and oxygen atoms in total. The molecule has 0 saturated carbocycles. The first-order valence-electron chi connectivity index (χ1n) is 12.9. The first-order chi connectivity index (χ1) is 17.7. The number of fused-ring (bicyclic) bond motifs is 1. The van der Waals surface area contributed by atoms with Crippen LogP contribution >= 0.6 is 11.3 Å². The summed E-state index contributed by atoms with van der Waals surface area (Å²) in [6.45, 7) is 9.80. The van der Waals surface area contributed by atoms with Gasteiger partial charge < -0.3 is 19.1 Å². The highest BCUT2D eigenvalue weighted by Crippen LogP contribution is 2.35. The number of rotatable bonds is 7. The van der Waals surface area contributed by atoms with Gasteiger partial charge in [0, 0.05) is 44.6 Å². The fourth-order valence-electron chi connectivity index (χ4n) is 5.07. The molecule has 0 unspecified atom stereocenters. The summed E-state index contributed by atoms with van der Waals surface area (Å²) >= 11 is 1.67. The molecule has 0 bridgehead atoms. The van der Waals surface area contributed by atoms with E-state index < -0.39 is 0 Å². The van der Waals surface area contributed by atoms with E-state index in [-0.39, 0.29) is 0 Å². The Hall–Kier alpha value is -3.16. The predicted molar refractivity (Wildman–Crippen MR) is 151 cm³/mol. The molecule has 2 aliphatic rings. The first kappa shape index (κ1) is 24.5. The number of thiazole rings is 1. The Bertz CT molecular complexity index is 1350. The number of hydrogen-bond acceptors (Lipinski definition) is 6. The predicted octanol–water partition coefficient (Wildman–Crippen LogP) is 5.44. The second kappa shape index (κ2) is 11.3. The van der Waals surface area contributed by atoms with Gasteiger partial charge in [0.15, 0.2) is 0 Å². The fraction of sp³-hybridized carbons (Fsp3) is 0.379. The average Bonchev–Trinajstić information content (AvgIpc) is 3.46. The molecule has 188 valence electrons. The standard InChI is InChI=1S/C29H35N5OS/c1-4-33(5-2)25-14-10-22(11-15-25)20-23-12-13-24(28(23)34-16-18-35-19-17-34)21-30-31-29-32(3)26-8-6-7-9-27(26)36-29/h6-11,14-15,20-21H,4-5,12-13,16-19H2,1-3H3/b23-20+,30-21+,31-29+. The van der Waals surface area contributed by atoms with E-state index in [1.54, 1.807) is 11.3 Å². The number of allylic oxidation sites excluding steroid dienone is 2. The van der Waals surface area contributed by atoms with Crippen molar-refractivity contribution in [3.63, 3.8) is 0 Å². The van der Waals surface area contributed by atoms with Gasteiger partial charge in [0.2, 0.25) is 4.80 Å². The smallest absolute Gasteiger partial charge is 0.211 e. The lowest BCUT2D eigenvalue weighted by Crippen LogP contribution is -2.36. The Morgan fingerprint density at radius 1 is 1.00 bits per heavy atom. The van der Waals surface area contributed by atoms with E-state index in [1.807, 2.05) is 13.3 Å². The minimum absolute atomic E-state index is 0.766. The van der Waals surface area contributed by atoms with Crippen molar-refractivity contribution in [2.75, 3.05) is 44.3 Å². The molecule has 1 fully saturated rings. The highest BCUT2D eigenvalue weighted by atomic mass is 32.1. The Morgan fingerprint density at radius 2 is 1.75 bits per heavy atom. The van der Waals surface area contributed by atoms with E-state index in [1.165, 1.54) is 38.3 Å². The van der Waals surface area contributed by atoms with Crippen LogP contribution in [0.4, 0.5) is 5.69 Å². The van der Waals surface area contributed by atoms with Crippen molar-refractivity contribution in [1.82, 2.24) is 9.47 Å². The summed E-state index contributed by atoms with van der Waals surface area (Å²) in [6, 6.07) is 17.3. The van der Waals surface area contributed by atoms with Gasteiger partial charge in [-0.15, -0.1) is 5.10 Å².